The number of hydrogen-bond donors (Lipinski definition) is 1. The first-order valence-electron chi connectivity index (χ1n) is 6.36. The first kappa shape index (κ1) is 14.3. The van der Waals surface area contributed by atoms with Gasteiger partial charge in [0.1, 0.15) is 28.8 Å². The molecule has 0 bridgehead atoms. The van der Waals surface area contributed by atoms with Crippen molar-refractivity contribution in [2.75, 3.05) is 0 Å². The van der Waals surface area contributed by atoms with E-state index in [1.807, 2.05) is 0 Å². The quantitative estimate of drug-likeness (QED) is 0.809. The van der Waals surface area contributed by atoms with Gasteiger partial charge in [0.25, 0.3) is 0 Å². The third kappa shape index (κ3) is 2.58. The van der Waals surface area contributed by atoms with Crippen LogP contribution in [0.5, 0.6) is 0 Å². The Balaban J connectivity index is 2.24. The molecule has 0 aliphatic rings. The molecule has 2 aromatic carbocycles. The van der Waals surface area contributed by atoms with Crippen molar-refractivity contribution in [3.05, 3.63) is 65.6 Å². The molecule has 1 N–H and O–H groups in total. The molecule has 1 heterocycles. The lowest BCUT2D eigenvalue weighted by atomic mass is 10.1. The molecule has 0 aliphatic carbocycles. The highest BCUT2D eigenvalue weighted by Crippen LogP contribution is 2.27. The van der Waals surface area contributed by atoms with Crippen LogP contribution in [-0.4, -0.2) is 20.1 Å². The summed E-state index contributed by atoms with van der Waals surface area (Å²) < 4.78 is 41.5. The van der Waals surface area contributed by atoms with Crippen molar-refractivity contribution < 1.29 is 18.3 Å². The first-order valence-corrected chi connectivity index (χ1v) is 6.36. The minimum Gasteiger partial charge on any atom is -0.390 e. The zero-order chi connectivity index (χ0) is 15.7. The second-order valence-corrected chi connectivity index (χ2v) is 4.59. The second kappa shape index (κ2) is 5.61. The molecule has 3 aromatic rings. The molecule has 0 radical (unpaired) electrons. The van der Waals surface area contributed by atoms with Crippen LogP contribution >= 0.6 is 0 Å². The number of aliphatic hydroxyl groups excluding tert-OH is 1. The maximum atomic E-state index is 13.4. The van der Waals surface area contributed by atoms with E-state index >= 15 is 0 Å². The number of aliphatic hydroxyl groups is 1. The van der Waals surface area contributed by atoms with Gasteiger partial charge in [-0.15, -0.1) is 5.10 Å². The van der Waals surface area contributed by atoms with E-state index in [0.29, 0.717) is 5.69 Å². The lowest BCUT2D eigenvalue weighted by Crippen LogP contribution is -2.01. The highest BCUT2D eigenvalue weighted by Gasteiger charge is 2.17. The SMILES string of the molecule is OCc1nnn(-c2cccc(F)c2)c1-c1cc(F)cc(F)c1. The average molecular weight is 305 g/mol. The standard InChI is InChI=1S/C15H10F3N3O/c16-10-2-1-3-13(7-10)21-15(14(8-22)19-20-21)9-4-11(17)6-12(18)5-9/h1-7,22H,8H2. The van der Waals surface area contributed by atoms with Crippen molar-refractivity contribution in [3.8, 4) is 16.9 Å². The van der Waals surface area contributed by atoms with E-state index in [1.165, 1.54) is 22.9 Å². The Kier molecular flexibility index (Phi) is 3.64. The molecular weight excluding hydrogens is 295 g/mol. The summed E-state index contributed by atoms with van der Waals surface area (Å²) in [5.74, 6) is -2.04. The molecule has 0 unspecified atom stereocenters. The van der Waals surface area contributed by atoms with Crippen molar-refractivity contribution in [2.24, 2.45) is 0 Å². The van der Waals surface area contributed by atoms with Crippen molar-refractivity contribution in [1.82, 2.24) is 15.0 Å². The van der Waals surface area contributed by atoms with Gasteiger partial charge in [-0.1, -0.05) is 11.3 Å². The van der Waals surface area contributed by atoms with Gasteiger partial charge in [-0.2, -0.15) is 0 Å². The van der Waals surface area contributed by atoms with E-state index < -0.39 is 24.1 Å². The topological polar surface area (TPSA) is 50.9 Å². The van der Waals surface area contributed by atoms with Crippen LogP contribution in [0.2, 0.25) is 0 Å². The van der Waals surface area contributed by atoms with Crippen LogP contribution in [0.3, 0.4) is 0 Å². The number of aromatic nitrogens is 3. The third-order valence-corrected chi connectivity index (χ3v) is 3.08. The van der Waals surface area contributed by atoms with E-state index in [4.69, 9.17) is 0 Å². The van der Waals surface area contributed by atoms with Gasteiger partial charge >= 0.3 is 0 Å². The van der Waals surface area contributed by atoms with Crippen LogP contribution in [0.15, 0.2) is 42.5 Å². The van der Waals surface area contributed by atoms with Crippen LogP contribution < -0.4 is 0 Å². The summed E-state index contributed by atoms with van der Waals surface area (Å²) in [5.41, 5.74) is 0.809. The fourth-order valence-corrected chi connectivity index (χ4v) is 2.19. The zero-order valence-electron chi connectivity index (χ0n) is 11.2. The maximum Gasteiger partial charge on any atom is 0.126 e. The summed E-state index contributed by atoms with van der Waals surface area (Å²) in [6, 6.07) is 8.43. The molecule has 112 valence electrons. The fourth-order valence-electron chi connectivity index (χ4n) is 2.19. The largest absolute Gasteiger partial charge is 0.390 e. The maximum absolute atomic E-state index is 13.4. The number of nitrogens with zero attached hydrogens (tertiary/aromatic N) is 3. The van der Waals surface area contributed by atoms with E-state index in [0.717, 1.165) is 18.2 Å². The Labute approximate surface area is 123 Å². The minimum absolute atomic E-state index is 0.134. The van der Waals surface area contributed by atoms with E-state index in [1.54, 1.807) is 6.07 Å². The molecular formula is C15H10F3N3O. The van der Waals surface area contributed by atoms with Crippen molar-refractivity contribution >= 4 is 0 Å². The second-order valence-electron chi connectivity index (χ2n) is 4.59. The minimum atomic E-state index is -0.772. The highest BCUT2D eigenvalue weighted by atomic mass is 19.1. The summed E-state index contributed by atoms with van der Waals surface area (Å²) in [6.07, 6.45) is 0. The average Bonchev–Trinajstić information content (AvgIpc) is 2.90. The van der Waals surface area contributed by atoms with Crippen molar-refractivity contribution in [3.63, 3.8) is 0 Å². The predicted octanol–water partition coefficient (Wildman–Crippen LogP) is 2.84. The van der Waals surface area contributed by atoms with Gasteiger partial charge in [0.15, 0.2) is 0 Å². The van der Waals surface area contributed by atoms with E-state index in [-0.39, 0.29) is 17.0 Å². The zero-order valence-corrected chi connectivity index (χ0v) is 11.2. The smallest absolute Gasteiger partial charge is 0.126 e. The third-order valence-electron chi connectivity index (χ3n) is 3.08. The molecule has 4 nitrogen and oxygen atoms in total. The number of rotatable bonds is 3. The van der Waals surface area contributed by atoms with E-state index in [9.17, 15) is 18.3 Å². The Morgan fingerprint density at radius 2 is 1.68 bits per heavy atom. The van der Waals surface area contributed by atoms with Crippen LogP contribution in [0.1, 0.15) is 5.69 Å². The molecule has 7 heteroatoms. The summed E-state index contributed by atoms with van der Waals surface area (Å²) in [5, 5.41) is 17.0. The van der Waals surface area contributed by atoms with Gasteiger partial charge in [-0.05, 0) is 30.3 Å². The van der Waals surface area contributed by atoms with Crippen molar-refractivity contribution in [1.29, 1.82) is 0 Å². The van der Waals surface area contributed by atoms with Crippen LogP contribution in [0.25, 0.3) is 16.9 Å². The molecule has 0 amide bonds. The van der Waals surface area contributed by atoms with Gasteiger partial charge in [0.2, 0.25) is 0 Å². The molecule has 0 atom stereocenters. The van der Waals surface area contributed by atoms with Gasteiger partial charge in [0, 0.05) is 11.6 Å². The van der Waals surface area contributed by atoms with Crippen molar-refractivity contribution in [2.45, 2.75) is 6.61 Å². The van der Waals surface area contributed by atoms with Gasteiger partial charge in [0.05, 0.1) is 12.3 Å². The predicted molar refractivity (Wildman–Crippen MR) is 72.6 cm³/mol. The molecule has 0 spiro atoms. The summed E-state index contributed by atoms with van der Waals surface area (Å²) in [7, 11) is 0. The monoisotopic (exact) mass is 305 g/mol. The van der Waals surface area contributed by atoms with Gasteiger partial charge in [-0.3, -0.25) is 0 Å². The van der Waals surface area contributed by atoms with E-state index in [2.05, 4.69) is 10.3 Å². The first-order chi connectivity index (χ1) is 10.6. The molecule has 0 saturated heterocycles. The highest BCUT2D eigenvalue weighted by molar-refractivity contribution is 5.64. The van der Waals surface area contributed by atoms with Gasteiger partial charge < -0.3 is 5.11 Å². The lowest BCUT2D eigenvalue weighted by Gasteiger charge is -2.08. The van der Waals surface area contributed by atoms with Crippen LogP contribution in [0, 0.1) is 17.5 Å². The molecule has 0 fully saturated rings. The molecule has 3 rings (SSSR count). The number of halogens is 3. The molecule has 0 aliphatic heterocycles. The Morgan fingerprint density at radius 3 is 2.32 bits per heavy atom. The van der Waals surface area contributed by atoms with Gasteiger partial charge in [-0.25, -0.2) is 17.9 Å². The summed E-state index contributed by atoms with van der Waals surface area (Å²) in [4.78, 5) is 0. The summed E-state index contributed by atoms with van der Waals surface area (Å²) >= 11 is 0. The fraction of sp³-hybridized carbons (Fsp3) is 0.0667. The summed E-state index contributed by atoms with van der Waals surface area (Å²) in [6.45, 7) is -0.469. The molecule has 22 heavy (non-hydrogen) atoms. The lowest BCUT2D eigenvalue weighted by molar-refractivity contribution is 0.277. The molecule has 0 saturated carbocycles. The normalized spacial score (nSPS) is 10.9. The van der Waals surface area contributed by atoms with Crippen LogP contribution in [-0.2, 0) is 6.61 Å². The Bertz CT molecular complexity index is 812. The van der Waals surface area contributed by atoms with Crippen LogP contribution in [0.4, 0.5) is 13.2 Å². The Hall–Kier alpha value is -2.67. The number of benzene rings is 2. The molecule has 1 aromatic heterocycles. The number of hydrogen-bond acceptors (Lipinski definition) is 3. The Morgan fingerprint density at radius 1 is 0.955 bits per heavy atom.